The van der Waals surface area contributed by atoms with Crippen molar-refractivity contribution >= 4 is 41.7 Å². The average molecular weight is 457 g/mol. The molecule has 0 aliphatic heterocycles. The van der Waals surface area contributed by atoms with Crippen molar-refractivity contribution in [3.05, 3.63) is 35.4 Å². The second-order valence-corrected chi connectivity index (χ2v) is 5.86. The van der Waals surface area contributed by atoms with Gasteiger partial charge in [0.2, 0.25) is 0 Å². The summed E-state index contributed by atoms with van der Waals surface area (Å²) in [4.78, 5) is 4.47. The molecular formula is C16H26F2IN3S. The number of hydrogen-bond acceptors (Lipinski definition) is 2. The molecule has 1 rings (SSSR count). The second kappa shape index (κ2) is 13.8. The van der Waals surface area contributed by atoms with Crippen LogP contribution in [-0.2, 0) is 6.42 Å². The van der Waals surface area contributed by atoms with Gasteiger partial charge in [0.05, 0.1) is 0 Å². The Bertz CT molecular complexity index is 473. The highest BCUT2D eigenvalue weighted by Crippen LogP contribution is 2.09. The lowest BCUT2D eigenvalue weighted by Gasteiger charge is -2.11. The maximum atomic E-state index is 13.5. The standard InChI is InChI=1S/C16H25F2N3S.HI/c1-3-19-16(20-9-4-5-11-22-2)21-10-8-13-12-14(17)6-7-15(13)18;/h6-7,12H,3-5,8-11H2,1-2H3,(H2,19,20,21);1H. The summed E-state index contributed by atoms with van der Waals surface area (Å²) in [5.41, 5.74) is 0.378. The third kappa shape index (κ3) is 10.0. The Hall–Kier alpha value is -0.570. The van der Waals surface area contributed by atoms with E-state index in [2.05, 4.69) is 21.9 Å². The van der Waals surface area contributed by atoms with Crippen LogP contribution in [-0.4, -0.2) is 37.6 Å². The van der Waals surface area contributed by atoms with Gasteiger partial charge in [0.25, 0.3) is 0 Å². The molecule has 2 N–H and O–H groups in total. The number of hydrogen-bond donors (Lipinski definition) is 2. The fraction of sp³-hybridized carbons (Fsp3) is 0.562. The van der Waals surface area contributed by atoms with Crippen LogP contribution in [0.2, 0.25) is 0 Å². The molecular weight excluding hydrogens is 431 g/mol. The number of thioether (sulfide) groups is 1. The first-order valence-electron chi connectivity index (χ1n) is 7.62. The third-order valence-corrected chi connectivity index (χ3v) is 3.76. The summed E-state index contributed by atoms with van der Waals surface area (Å²) in [6, 6.07) is 3.53. The molecule has 0 heterocycles. The molecule has 0 aromatic heterocycles. The summed E-state index contributed by atoms with van der Waals surface area (Å²) < 4.78 is 26.6. The van der Waals surface area contributed by atoms with E-state index < -0.39 is 5.82 Å². The first-order chi connectivity index (χ1) is 10.7. The summed E-state index contributed by atoms with van der Waals surface area (Å²) in [6.07, 6.45) is 4.72. The van der Waals surface area contributed by atoms with Gasteiger partial charge in [-0.1, -0.05) is 0 Å². The zero-order valence-electron chi connectivity index (χ0n) is 13.7. The largest absolute Gasteiger partial charge is 0.357 e. The van der Waals surface area contributed by atoms with Crippen molar-refractivity contribution in [3.63, 3.8) is 0 Å². The Morgan fingerprint density at radius 2 is 2.00 bits per heavy atom. The Kier molecular flexibility index (Phi) is 13.5. The van der Waals surface area contributed by atoms with Crippen LogP contribution in [0.4, 0.5) is 8.78 Å². The number of nitrogens with zero attached hydrogens (tertiary/aromatic N) is 1. The van der Waals surface area contributed by atoms with Crippen molar-refractivity contribution in [2.45, 2.75) is 26.2 Å². The highest BCUT2D eigenvalue weighted by Gasteiger charge is 2.04. The van der Waals surface area contributed by atoms with Crippen LogP contribution in [0, 0.1) is 11.6 Å². The fourth-order valence-corrected chi connectivity index (χ4v) is 2.43. The Balaban J connectivity index is 0.00000484. The zero-order chi connectivity index (χ0) is 16.2. The first-order valence-corrected chi connectivity index (χ1v) is 9.01. The summed E-state index contributed by atoms with van der Waals surface area (Å²) in [5.74, 6) is 1.09. The van der Waals surface area contributed by atoms with Gasteiger partial charge in [-0.15, -0.1) is 24.0 Å². The lowest BCUT2D eigenvalue weighted by molar-refractivity contribution is 0.583. The molecule has 0 spiro atoms. The molecule has 0 radical (unpaired) electrons. The quantitative estimate of drug-likeness (QED) is 0.256. The molecule has 0 fully saturated rings. The van der Waals surface area contributed by atoms with Crippen LogP contribution in [0.1, 0.15) is 25.3 Å². The van der Waals surface area contributed by atoms with E-state index in [1.165, 1.54) is 6.07 Å². The molecule has 0 saturated carbocycles. The van der Waals surface area contributed by atoms with Crippen molar-refractivity contribution < 1.29 is 8.78 Å². The number of aliphatic imine (C=N–C) groups is 1. The predicted molar refractivity (Wildman–Crippen MR) is 107 cm³/mol. The molecule has 0 unspecified atom stereocenters. The van der Waals surface area contributed by atoms with Crippen molar-refractivity contribution in [2.75, 3.05) is 31.6 Å². The van der Waals surface area contributed by atoms with E-state index in [0.29, 0.717) is 18.5 Å². The van der Waals surface area contributed by atoms with E-state index in [1.807, 2.05) is 18.7 Å². The number of nitrogens with one attached hydrogen (secondary N) is 2. The number of halogens is 3. The first kappa shape index (κ1) is 22.4. The Morgan fingerprint density at radius 3 is 2.70 bits per heavy atom. The minimum absolute atomic E-state index is 0. The van der Waals surface area contributed by atoms with Crippen LogP contribution in [0.3, 0.4) is 0 Å². The van der Waals surface area contributed by atoms with Crippen LogP contribution in [0.5, 0.6) is 0 Å². The average Bonchev–Trinajstić information content (AvgIpc) is 2.50. The topological polar surface area (TPSA) is 36.4 Å². The molecule has 7 heteroatoms. The molecule has 0 saturated heterocycles. The normalized spacial score (nSPS) is 11.0. The highest BCUT2D eigenvalue weighted by atomic mass is 127. The van der Waals surface area contributed by atoms with E-state index in [9.17, 15) is 8.78 Å². The molecule has 3 nitrogen and oxygen atoms in total. The molecule has 132 valence electrons. The molecule has 23 heavy (non-hydrogen) atoms. The second-order valence-electron chi connectivity index (χ2n) is 4.87. The maximum absolute atomic E-state index is 13.5. The van der Waals surface area contributed by atoms with E-state index in [0.717, 1.165) is 49.8 Å². The predicted octanol–water partition coefficient (Wildman–Crippen LogP) is 3.82. The highest BCUT2D eigenvalue weighted by molar-refractivity contribution is 14.0. The van der Waals surface area contributed by atoms with Crippen molar-refractivity contribution in [2.24, 2.45) is 4.99 Å². The van der Waals surface area contributed by atoms with Crippen LogP contribution in [0.25, 0.3) is 0 Å². The van der Waals surface area contributed by atoms with Crippen molar-refractivity contribution in [3.8, 4) is 0 Å². The van der Waals surface area contributed by atoms with E-state index >= 15 is 0 Å². The van der Waals surface area contributed by atoms with Gasteiger partial charge in [0, 0.05) is 19.6 Å². The smallest absolute Gasteiger partial charge is 0.191 e. The lowest BCUT2D eigenvalue weighted by Crippen LogP contribution is -2.38. The van der Waals surface area contributed by atoms with Crippen LogP contribution in [0.15, 0.2) is 23.2 Å². The zero-order valence-corrected chi connectivity index (χ0v) is 16.8. The summed E-state index contributed by atoms with van der Waals surface area (Å²) >= 11 is 1.84. The molecule has 1 aromatic rings. The van der Waals surface area contributed by atoms with Gasteiger partial charge in [-0.25, -0.2) is 8.78 Å². The van der Waals surface area contributed by atoms with Crippen LogP contribution >= 0.6 is 35.7 Å². The maximum Gasteiger partial charge on any atom is 0.191 e. The van der Waals surface area contributed by atoms with Gasteiger partial charge in [0.15, 0.2) is 5.96 Å². The summed E-state index contributed by atoms with van der Waals surface area (Å²) in [5, 5.41) is 6.30. The monoisotopic (exact) mass is 457 g/mol. The minimum Gasteiger partial charge on any atom is -0.357 e. The van der Waals surface area contributed by atoms with Crippen molar-refractivity contribution in [1.82, 2.24) is 10.6 Å². The summed E-state index contributed by atoms with van der Waals surface area (Å²) in [6.45, 7) is 4.05. The van der Waals surface area contributed by atoms with Gasteiger partial charge < -0.3 is 10.6 Å². The molecule has 0 bridgehead atoms. The third-order valence-electron chi connectivity index (χ3n) is 3.07. The summed E-state index contributed by atoms with van der Waals surface area (Å²) in [7, 11) is 0. The number of unbranched alkanes of at least 4 members (excludes halogenated alkanes) is 1. The lowest BCUT2D eigenvalue weighted by atomic mass is 10.1. The Morgan fingerprint density at radius 1 is 1.22 bits per heavy atom. The molecule has 0 amide bonds. The van der Waals surface area contributed by atoms with Crippen LogP contribution < -0.4 is 10.6 Å². The van der Waals surface area contributed by atoms with Gasteiger partial charge >= 0.3 is 0 Å². The van der Waals surface area contributed by atoms with Crippen molar-refractivity contribution in [1.29, 1.82) is 0 Å². The molecule has 0 atom stereocenters. The van der Waals surface area contributed by atoms with E-state index in [-0.39, 0.29) is 29.8 Å². The SMILES string of the molecule is CCNC(=NCCCCSC)NCCc1cc(F)ccc1F.I. The van der Waals surface area contributed by atoms with E-state index in [4.69, 9.17) is 0 Å². The number of benzene rings is 1. The molecule has 1 aromatic carbocycles. The van der Waals surface area contributed by atoms with Gasteiger partial charge in [-0.3, -0.25) is 4.99 Å². The number of rotatable bonds is 9. The fourth-order valence-electron chi connectivity index (χ4n) is 1.94. The number of guanidine groups is 1. The van der Waals surface area contributed by atoms with Gasteiger partial charge in [-0.05, 0) is 62.0 Å². The van der Waals surface area contributed by atoms with Gasteiger partial charge in [0.1, 0.15) is 11.6 Å². The Labute approximate surface area is 159 Å². The molecule has 0 aliphatic rings. The van der Waals surface area contributed by atoms with E-state index in [1.54, 1.807) is 0 Å². The minimum atomic E-state index is -0.411. The molecule has 0 aliphatic carbocycles. The van der Waals surface area contributed by atoms with Gasteiger partial charge in [-0.2, -0.15) is 11.8 Å².